The number of amides is 1. The van der Waals surface area contributed by atoms with Crippen molar-refractivity contribution in [3.63, 3.8) is 0 Å². The predicted octanol–water partition coefficient (Wildman–Crippen LogP) is 1.27. The van der Waals surface area contributed by atoms with Gasteiger partial charge in [0.1, 0.15) is 0 Å². The molecule has 1 aromatic carbocycles. The summed E-state index contributed by atoms with van der Waals surface area (Å²) in [5.74, 6) is 0.0374. The van der Waals surface area contributed by atoms with E-state index in [-0.39, 0.29) is 11.4 Å². The summed E-state index contributed by atoms with van der Waals surface area (Å²) in [5, 5.41) is 3.01. The third-order valence-corrected chi connectivity index (χ3v) is 2.91. The van der Waals surface area contributed by atoms with Crippen molar-refractivity contribution in [3.05, 3.63) is 35.4 Å². The summed E-state index contributed by atoms with van der Waals surface area (Å²) in [6, 6.07) is 8.17. The Kier molecular flexibility index (Phi) is 2.49. The summed E-state index contributed by atoms with van der Waals surface area (Å²) < 4.78 is 0. The first kappa shape index (κ1) is 10.2. The first-order valence-electron chi connectivity index (χ1n) is 5.24. The highest BCUT2D eigenvalue weighted by Gasteiger charge is 2.44. The Morgan fingerprint density at radius 1 is 1.40 bits per heavy atom. The second-order valence-electron chi connectivity index (χ2n) is 4.16. The Balaban J connectivity index is 2.18. The van der Waals surface area contributed by atoms with Gasteiger partial charge in [-0.3, -0.25) is 4.79 Å². The van der Waals surface area contributed by atoms with Crippen molar-refractivity contribution in [2.24, 2.45) is 5.73 Å². The van der Waals surface area contributed by atoms with E-state index in [1.807, 2.05) is 12.1 Å². The van der Waals surface area contributed by atoms with E-state index in [1.165, 1.54) is 5.56 Å². The fourth-order valence-electron chi connectivity index (χ4n) is 1.91. The molecule has 2 rings (SSSR count). The molecule has 0 atom stereocenters. The molecule has 0 spiro atoms. The first-order valence-corrected chi connectivity index (χ1v) is 5.24. The van der Waals surface area contributed by atoms with E-state index in [0.29, 0.717) is 6.54 Å². The van der Waals surface area contributed by atoms with Crippen LogP contribution in [0.4, 0.5) is 0 Å². The summed E-state index contributed by atoms with van der Waals surface area (Å²) in [5.41, 5.74) is 7.76. The molecular weight excluding hydrogens is 188 g/mol. The summed E-state index contributed by atoms with van der Waals surface area (Å²) >= 11 is 0. The van der Waals surface area contributed by atoms with Crippen LogP contribution in [-0.4, -0.2) is 5.91 Å². The standard InChI is InChI=1S/C12H16N2O/c1-9(15)14-12(6-7-12)11-4-2-10(8-13)3-5-11/h2-5H,6-8,13H2,1H3,(H,14,15). The molecule has 1 aromatic rings. The topological polar surface area (TPSA) is 55.1 Å². The highest BCUT2D eigenvalue weighted by molar-refractivity contribution is 5.74. The molecule has 3 N–H and O–H groups in total. The van der Waals surface area contributed by atoms with Gasteiger partial charge in [-0.15, -0.1) is 0 Å². The average molecular weight is 204 g/mol. The van der Waals surface area contributed by atoms with Gasteiger partial charge in [-0.1, -0.05) is 24.3 Å². The van der Waals surface area contributed by atoms with Crippen LogP contribution in [0.15, 0.2) is 24.3 Å². The van der Waals surface area contributed by atoms with Crippen molar-refractivity contribution in [1.82, 2.24) is 5.32 Å². The van der Waals surface area contributed by atoms with Gasteiger partial charge >= 0.3 is 0 Å². The van der Waals surface area contributed by atoms with E-state index in [4.69, 9.17) is 5.73 Å². The Hall–Kier alpha value is -1.35. The van der Waals surface area contributed by atoms with E-state index in [1.54, 1.807) is 6.92 Å². The molecular formula is C12H16N2O. The molecule has 1 saturated carbocycles. The highest BCUT2D eigenvalue weighted by atomic mass is 16.1. The number of carbonyl (C=O) groups is 1. The molecule has 3 nitrogen and oxygen atoms in total. The minimum Gasteiger partial charge on any atom is -0.347 e. The third-order valence-electron chi connectivity index (χ3n) is 2.91. The van der Waals surface area contributed by atoms with Crippen molar-refractivity contribution < 1.29 is 4.79 Å². The summed E-state index contributed by atoms with van der Waals surface area (Å²) in [6.45, 7) is 2.13. The van der Waals surface area contributed by atoms with Gasteiger partial charge in [0.25, 0.3) is 0 Å². The van der Waals surface area contributed by atoms with Crippen LogP contribution in [0.25, 0.3) is 0 Å². The van der Waals surface area contributed by atoms with Gasteiger partial charge in [0, 0.05) is 13.5 Å². The SMILES string of the molecule is CC(=O)NC1(c2ccc(CN)cc2)CC1. The molecule has 0 unspecified atom stereocenters. The van der Waals surface area contributed by atoms with Gasteiger partial charge in [-0.05, 0) is 24.0 Å². The second-order valence-corrected chi connectivity index (χ2v) is 4.16. The normalized spacial score (nSPS) is 17.2. The molecule has 0 heterocycles. The van der Waals surface area contributed by atoms with Crippen molar-refractivity contribution in [3.8, 4) is 0 Å². The molecule has 1 aliphatic rings. The van der Waals surface area contributed by atoms with Crippen LogP contribution in [0.2, 0.25) is 0 Å². The van der Waals surface area contributed by atoms with Gasteiger partial charge in [0.2, 0.25) is 5.91 Å². The zero-order chi connectivity index (χ0) is 10.9. The van der Waals surface area contributed by atoms with Crippen molar-refractivity contribution in [1.29, 1.82) is 0 Å². The van der Waals surface area contributed by atoms with Crippen LogP contribution in [-0.2, 0) is 16.9 Å². The summed E-state index contributed by atoms with van der Waals surface area (Å²) in [6.07, 6.45) is 2.07. The number of hydrogen-bond acceptors (Lipinski definition) is 2. The molecule has 1 amide bonds. The first-order chi connectivity index (χ1) is 7.16. The average Bonchev–Trinajstić information content (AvgIpc) is 2.98. The van der Waals surface area contributed by atoms with E-state index < -0.39 is 0 Å². The number of hydrogen-bond donors (Lipinski definition) is 2. The minimum atomic E-state index is -0.0844. The maximum atomic E-state index is 11.1. The lowest BCUT2D eigenvalue weighted by Gasteiger charge is -2.16. The van der Waals surface area contributed by atoms with Crippen LogP contribution in [0.5, 0.6) is 0 Å². The molecule has 1 fully saturated rings. The van der Waals surface area contributed by atoms with E-state index in [2.05, 4.69) is 17.4 Å². The largest absolute Gasteiger partial charge is 0.347 e. The zero-order valence-electron chi connectivity index (χ0n) is 8.92. The lowest BCUT2D eigenvalue weighted by molar-refractivity contribution is -0.120. The number of carbonyl (C=O) groups excluding carboxylic acids is 1. The molecule has 15 heavy (non-hydrogen) atoms. The van der Waals surface area contributed by atoms with E-state index in [9.17, 15) is 4.79 Å². The maximum Gasteiger partial charge on any atom is 0.217 e. The monoisotopic (exact) mass is 204 g/mol. The van der Waals surface area contributed by atoms with Gasteiger partial charge in [-0.25, -0.2) is 0 Å². The number of benzene rings is 1. The molecule has 1 aliphatic carbocycles. The molecule has 0 aromatic heterocycles. The Bertz CT molecular complexity index is 366. The van der Waals surface area contributed by atoms with Crippen LogP contribution < -0.4 is 11.1 Å². The fraction of sp³-hybridized carbons (Fsp3) is 0.417. The molecule has 0 radical (unpaired) electrons. The molecule has 0 saturated heterocycles. The van der Waals surface area contributed by atoms with Crippen molar-refractivity contribution in [2.45, 2.75) is 31.8 Å². The maximum absolute atomic E-state index is 11.1. The third kappa shape index (κ3) is 2.02. The van der Waals surface area contributed by atoms with Crippen molar-refractivity contribution >= 4 is 5.91 Å². The van der Waals surface area contributed by atoms with Crippen LogP contribution in [0.1, 0.15) is 30.9 Å². The van der Waals surface area contributed by atoms with E-state index in [0.717, 1.165) is 18.4 Å². The summed E-state index contributed by atoms with van der Waals surface area (Å²) in [4.78, 5) is 11.1. The second kappa shape index (κ2) is 3.66. The Morgan fingerprint density at radius 3 is 2.40 bits per heavy atom. The molecule has 0 bridgehead atoms. The van der Waals surface area contributed by atoms with Gasteiger partial charge in [0.05, 0.1) is 5.54 Å². The molecule has 0 aliphatic heterocycles. The Morgan fingerprint density at radius 2 is 2.00 bits per heavy atom. The Labute approximate surface area is 89.7 Å². The molecule has 80 valence electrons. The predicted molar refractivity (Wildman–Crippen MR) is 59.1 cm³/mol. The summed E-state index contributed by atoms with van der Waals surface area (Å²) in [7, 11) is 0. The quantitative estimate of drug-likeness (QED) is 0.779. The van der Waals surface area contributed by atoms with Crippen LogP contribution >= 0.6 is 0 Å². The number of nitrogens with two attached hydrogens (primary N) is 1. The number of rotatable bonds is 3. The lowest BCUT2D eigenvalue weighted by atomic mass is 10.0. The van der Waals surface area contributed by atoms with Crippen LogP contribution in [0, 0.1) is 0 Å². The highest BCUT2D eigenvalue weighted by Crippen LogP contribution is 2.45. The van der Waals surface area contributed by atoms with Gasteiger partial charge in [0.15, 0.2) is 0 Å². The van der Waals surface area contributed by atoms with Crippen molar-refractivity contribution in [2.75, 3.05) is 0 Å². The molecule has 3 heteroatoms. The van der Waals surface area contributed by atoms with Gasteiger partial charge < -0.3 is 11.1 Å². The van der Waals surface area contributed by atoms with Gasteiger partial charge in [-0.2, -0.15) is 0 Å². The zero-order valence-corrected chi connectivity index (χ0v) is 8.92. The lowest BCUT2D eigenvalue weighted by Crippen LogP contribution is -2.32. The smallest absolute Gasteiger partial charge is 0.217 e. The van der Waals surface area contributed by atoms with E-state index >= 15 is 0 Å². The fourth-order valence-corrected chi connectivity index (χ4v) is 1.91. The minimum absolute atomic E-state index is 0.0374. The number of nitrogens with one attached hydrogen (secondary N) is 1. The van der Waals surface area contributed by atoms with Crippen LogP contribution in [0.3, 0.4) is 0 Å².